The number of nitrogens with one attached hydrogen (secondary N) is 1. The average molecular weight is 407 g/mol. The van der Waals surface area contributed by atoms with Crippen LogP contribution in [-0.4, -0.2) is 37.1 Å². The Morgan fingerprint density at radius 3 is 2.48 bits per heavy atom. The third-order valence-electron chi connectivity index (χ3n) is 3.35. The van der Waals surface area contributed by atoms with E-state index in [0.29, 0.717) is 10.8 Å². The molecule has 0 aliphatic rings. The second kappa shape index (κ2) is 10.6. The van der Waals surface area contributed by atoms with E-state index in [4.69, 9.17) is 16.3 Å². The molecule has 6 nitrogen and oxygen atoms in total. The smallest absolute Gasteiger partial charge is 0.343 e. The van der Waals surface area contributed by atoms with Gasteiger partial charge in [-0.3, -0.25) is 4.79 Å². The first-order chi connectivity index (χ1) is 13.0. The molecule has 0 aromatic heterocycles. The van der Waals surface area contributed by atoms with Gasteiger partial charge in [-0.05, 0) is 61.0 Å². The maximum atomic E-state index is 12.1. The Hall–Kier alpha value is -2.51. The summed E-state index contributed by atoms with van der Waals surface area (Å²) in [5.41, 5.74) is 3.29. The molecule has 2 rings (SSSR count). The topological polar surface area (TPSA) is 77.0 Å². The normalized spacial score (nSPS) is 11.8. The highest BCUT2D eigenvalue weighted by molar-refractivity contribution is 8.00. The first-order valence-electron chi connectivity index (χ1n) is 8.03. The van der Waals surface area contributed by atoms with Gasteiger partial charge in [-0.1, -0.05) is 11.6 Å². The van der Waals surface area contributed by atoms with Crippen molar-refractivity contribution in [1.29, 1.82) is 0 Å². The molecule has 1 atom stereocenters. The number of nitrogens with zero attached hydrogens (tertiary/aromatic N) is 1. The van der Waals surface area contributed by atoms with E-state index in [-0.39, 0.29) is 17.8 Å². The van der Waals surface area contributed by atoms with E-state index in [0.717, 1.165) is 10.5 Å². The molecule has 2 aromatic carbocycles. The predicted octanol–water partition coefficient (Wildman–Crippen LogP) is 3.52. The maximum Gasteiger partial charge on any atom is 0.343 e. The number of hydrogen-bond acceptors (Lipinski definition) is 6. The Balaban J connectivity index is 1.80. The number of methoxy groups -OCH3 is 1. The molecule has 1 N–H and O–H groups in total. The molecule has 0 saturated carbocycles. The Kier molecular flexibility index (Phi) is 8.16. The number of ether oxygens (including phenoxy) is 2. The van der Waals surface area contributed by atoms with Crippen LogP contribution in [0, 0.1) is 0 Å². The number of hydrazone groups is 1. The third-order valence-corrected chi connectivity index (χ3v) is 4.71. The quantitative estimate of drug-likeness (QED) is 0.314. The molecule has 0 unspecified atom stereocenters. The van der Waals surface area contributed by atoms with Gasteiger partial charge in [0.25, 0.3) is 5.91 Å². The highest BCUT2D eigenvalue weighted by Crippen LogP contribution is 2.24. The SMILES string of the molecule is COC(=O)COc1ccc(/C=N\NC(=O)[C@H](C)Sc2ccc(Cl)cc2)cc1. The monoisotopic (exact) mass is 406 g/mol. The van der Waals surface area contributed by atoms with Gasteiger partial charge in [-0.2, -0.15) is 5.10 Å². The van der Waals surface area contributed by atoms with Crippen LogP contribution >= 0.6 is 23.4 Å². The number of hydrogen-bond donors (Lipinski definition) is 1. The minimum Gasteiger partial charge on any atom is -0.482 e. The summed E-state index contributed by atoms with van der Waals surface area (Å²) < 4.78 is 9.75. The lowest BCUT2D eigenvalue weighted by molar-refractivity contribution is -0.142. The molecular formula is C19H19ClN2O4S. The largest absolute Gasteiger partial charge is 0.482 e. The summed E-state index contributed by atoms with van der Waals surface area (Å²) in [5.74, 6) is -0.118. The lowest BCUT2D eigenvalue weighted by atomic mass is 10.2. The molecule has 0 saturated heterocycles. The van der Waals surface area contributed by atoms with Crippen molar-refractivity contribution in [2.24, 2.45) is 5.10 Å². The van der Waals surface area contributed by atoms with Crippen molar-refractivity contribution < 1.29 is 19.1 Å². The van der Waals surface area contributed by atoms with Crippen molar-refractivity contribution in [1.82, 2.24) is 5.43 Å². The number of benzene rings is 2. The fraction of sp³-hybridized carbons (Fsp3) is 0.211. The number of carbonyl (C=O) groups is 2. The Morgan fingerprint density at radius 1 is 1.19 bits per heavy atom. The predicted molar refractivity (Wildman–Crippen MR) is 106 cm³/mol. The number of esters is 1. The van der Waals surface area contributed by atoms with E-state index < -0.39 is 5.97 Å². The van der Waals surface area contributed by atoms with Gasteiger partial charge >= 0.3 is 5.97 Å². The summed E-state index contributed by atoms with van der Waals surface area (Å²) in [6.07, 6.45) is 1.53. The highest BCUT2D eigenvalue weighted by Gasteiger charge is 2.13. The Bertz CT molecular complexity index is 794. The number of amides is 1. The summed E-state index contributed by atoms with van der Waals surface area (Å²) in [7, 11) is 1.30. The second-order valence-electron chi connectivity index (χ2n) is 5.38. The number of thioether (sulfide) groups is 1. The van der Waals surface area contributed by atoms with Crippen molar-refractivity contribution in [2.75, 3.05) is 13.7 Å². The van der Waals surface area contributed by atoms with Crippen LogP contribution < -0.4 is 10.2 Å². The molecular weight excluding hydrogens is 388 g/mol. The van der Waals surface area contributed by atoms with E-state index in [2.05, 4.69) is 15.3 Å². The van der Waals surface area contributed by atoms with Crippen LogP contribution in [0.1, 0.15) is 12.5 Å². The van der Waals surface area contributed by atoms with Crippen LogP contribution in [0.15, 0.2) is 58.5 Å². The van der Waals surface area contributed by atoms with E-state index in [9.17, 15) is 9.59 Å². The van der Waals surface area contributed by atoms with Crippen molar-refractivity contribution in [3.63, 3.8) is 0 Å². The molecule has 142 valence electrons. The molecule has 0 aliphatic heterocycles. The zero-order valence-electron chi connectivity index (χ0n) is 14.8. The summed E-state index contributed by atoms with van der Waals surface area (Å²) in [5, 5.41) is 4.31. The van der Waals surface area contributed by atoms with Crippen LogP contribution in [0.25, 0.3) is 0 Å². The molecule has 0 heterocycles. The first kappa shape index (κ1) is 20.8. The Morgan fingerprint density at radius 2 is 1.85 bits per heavy atom. The van der Waals surface area contributed by atoms with Gasteiger partial charge in [0.1, 0.15) is 5.75 Å². The third kappa shape index (κ3) is 7.32. The highest BCUT2D eigenvalue weighted by atomic mass is 35.5. The van der Waals surface area contributed by atoms with E-state index in [1.54, 1.807) is 43.3 Å². The minimum atomic E-state index is -0.450. The number of carbonyl (C=O) groups excluding carboxylic acids is 2. The maximum absolute atomic E-state index is 12.1. The van der Waals surface area contributed by atoms with Gasteiger partial charge in [-0.15, -0.1) is 11.8 Å². The van der Waals surface area contributed by atoms with Crippen molar-refractivity contribution in [3.05, 3.63) is 59.1 Å². The minimum absolute atomic E-state index is 0.150. The van der Waals surface area contributed by atoms with Crippen molar-refractivity contribution in [3.8, 4) is 5.75 Å². The lowest BCUT2D eigenvalue weighted by Gasteiger charge is -2.09. The first-order valence-corrected chi connectivity index (χ1v) is 9.28. The van der Waals surface area contributed by atoms with Gasteiger partial charge in [0.05, 0.1) is 18.6 Å². The molecule has 0 radical (unpaired) electrons. The summed E-state index contributed by atoms with van der Waals surface area (Å²) in [6, 6.07) is 14.2. The van der Waals surface area contributed by atoms with Crippen molar-refractivity contribution in [2.45, 2.75) is 17.1 Å². The standard InChI is InChI=1S/C19H19ClN2O4S/c1-13(27-17-9-5-15(20)6-10-17)19(24)22-21-11-14-3-7-16(8-4-14)26-12-18(23)25-2/h3-11,13H,12H2,1-2H3,(H,22,24)/b21-11-/t13-/m0/s1. The molecule has 1 amide bonds. The summed E-state index contributed by atoms with van der Waals surface area (Å²) >= 11 is 7.27. The zero-order chi connectivity index (χ0) is 19.6. The molecule has 0 fully saturated rings. The van der Waals surface area contributed by atoms with Crippen LogP contribution in [0.5, 0.6) is 5.75 Å². The van der Waals surface area contributed by atoms with E-state index in [1.165, 1.54) is 25.1 Å². The fourth-order valence-corrected chi connectivity index (χ4v) is 2.87. The molecule has 0 bridgehead atoms. The zero-order valence-corrected chi connectivity index (χ0v) is 16.4. The number of halogens is 1. The average Bonchev–Trinajstić information content (AvgIpc) is 2.68. The van der Waals surface area contributed by atoms with Crippen LogP contribution in [0.3, 0.4) is 0 Å². The van der Waals surface area contributed by atoms with Gasteiger partial charge in [0, 0.05) is 9.92 Å². The molecule has 8 heteroatoms. The summed E-state index contributed by atoms with van der Waals surface area (Å²) in [4.78, 5) is 24.1. The van der Waals surface area contributed by atoms with E-state index >= 15 is 0 Å². The second-order valence-corrected chi connectivity index (χ2v) is 7.23. The van der Waals surface area contributed by atoms with Gasteiger partial charge < -0.3 is 9.47 Å². The van der Waals surface area contributed by atoms with Crippen LogP contribution in [0.2, 0.25) is 5.02 Å². The van der Waals surface area contributed by atoms with E-state index in [1.807, 2.05) is 12.1 Å². The van der Waals surface area contributed by atoms with Crippen LogP contribution in [-0.2, 0) is 14.3 Å². The van der Waals surface area contributed by atoms with Gasteiger partial charge in [0.15, 0.2) is 6.61 Å². The van der Waals surface area contributed by atoms with Gasteiger partial charge in [-0.25, -0.2) is 10.2 Å². The molecule has 27 heavy (non-hydrogen) atoms. The fourth-order valence-electron chi connectivity index (χ4n) is 1.88. The van der Waals surface area contributed by atoms with Gasteiger partial charge in [0.2, 0.25) is 0 Å². The lowest BCUT2D eigenvalue weighted by Crippen LogP contribution is -2.26. The molecule has 0 aliphatic carbocycles. The molecule has 0 spiro atoms. The summed E-state index contributed by atoms with van der Waals surface area (Å²) in [6.45, 7) is 1.65. The van der Waals surface area contributed by atoms with Crippen LogP contribution in [0.4, 0.5) is 0 Å². The molecule has 2 aromatic rings. The Labute approximate surface area is 166 Å². The van der Waals surface area contributed by atoms with Crippen molar-refractivity contribution >= 4 is 41.5 Å². The number of rotatable bonds is 8.